The Morgan fingerprint density at radius 1 is 1.39 bits per heavy atom. The summed E-state index contributed by atoms with van der Waals surface area (Å²) in [6.07, 6.45) is 2.09. The molecule has 2 rings (SSSR count). The molecule has 18 heavy (non-hydrogen) atoms. The second-order valence-electron chi connectivity index (χ2n) is 4.86. The number of nitrogens with two attached hydrogens (primary N) is 1. The van der Waals surface area contributed by atoms with Crippen molar-refractivity contribution < 1.29 is 9.90 Å². The lowest BCUT2D eigenvalue weighted by Crippen LogP contribution is -2.34. The quantitative estimate of drug-likeness (QED) is 0.689. The van der Waals surface area contributed by atoms with E-state index < -0.39 is 6.10 Å². The fourth-order valence-electron chi connectivity index (χ4n) is 2.03. The van der Waals surface area contributed by atoms with Crippen LogP contribution in [0.2, 0.25) is 0 Å². The first-order chi connectivity index (χ1) is 8.70. The minimum atomic E-state index is -0.390. The lowest BCUT2D eigenvalue weighted by Gasteiger charge is -2.11. The van der Waals surface area contributed by atoms with Crippen molar-refractivity contribution in [1.29, 1.82) is 0 Å². The van der Waals surface area contributed by atoms with Gasteiger partial charge in [-0.15, -0.1) is 0 Å². The van der Waals surface area contributed by atoms with Crippen LogP contribution >= 0.6 is 0 Å². The predicted molar refractivity (Wildman–Crippen MR) is 69.8 cm³/mol. The van der Waals surface area contributed by atoms with Crippen molar-refractivity contribution >= 4 is 5.91 Å². The van der Waals surface area contributed by atoms with Gasteiger partial charge in [0, 0.05) is 13.1 Å². The SMILES string of the molecule is NCc1ccccc1CC(=O)NCC(O)C1CC1. The van der Waals surface area contributed by atoms with E-state index in [1.165, 1.54) is 0 Å². The summed E-state index contributed by atoms with van der Waals surface area (Å²) in [7, 11) is 0. The van der Waals surface area contributed by atoms with E-state index in [1.54, 1.807) is 0 Å². The van der Waals surface area contributed by atoms with Crippen molar-refractivity contribution in [3.63, 3.8) is 0 Å². The molecule has 0 heterocycles. The zero-order valence-corrected chi connectivity index (χ0v) is 10.4. The Balaban J connectivity index is 1.82. The van der Waals surface area contributed by atoms with E-state index in [0.717, 1.165) is 24.0 Å². The molecule has 1 fully saturated rings. The summed E-state index contributed by atoms with van der Waals surface area (Å²) in [5.41, 5.74) is 7.58. The zero-order chi connectivity index (χ0) is 13.0. The summed E-state index contributed by atoms with van der Waals surface area (Å²) in [5.74, 6) is 0.331. The van der Waals surface area contributed by atoms with Crippen LogP contribution in [0.5, 0.6) is 0 Å². The molecule has 4 heteroatoms. The molecule has 0 saturated heterocycles. The molecule has 0 radical (unpaired) electrons. The summed E-state index contributed by atoms with van der Waals surface area (Å²) in [5, 5.41) is 12.4. The molecule has 1 saturated carbocycles. The van der Waals surface area contributed by atoms with E-state index in [0.29, 0.717) is 25.4 Å². The number of carbonyl (C=O) groups excluding carboxylic acids is 1. The Morgan fingerprint density at radius 3 is 2.67 bits per heavy atom. The molecular formula is C14H20N2O2. The summed E-state index contributed by atoms with van der Waals surface area (Å²) < 4.78 is 0. The lowest BCUT2D eigenvalue weighted by molar-refractivity contribution is -0.120. The van der Waals surface area contributed by atoms with Crippen molar-refractivity contribution in [2.75, 3.05) is 6.54 Å². The molecule has 0 spiro atoms. The van der Waals surface area contributed by atoms with E-state index in [2.05, 4.69) is 5.32 Å². The van der Waals surface area contributed by atoms with Crippen LogP contribution in [0, 0.1) is 5.92 Å². The number of aliphatic hydroxyl groups is 1. The second kappa shape index (κ2) is 5.98. The first kappa shape index (κ1) is 13.1. The zero-order valence-electron chi connectivity index (χ0n) is 10.4. The Morgan fingerprint density at radius 2 is 2.06 bits per heavy atom. The topological polar surface area (TPSA) is 75.4 Å². The summed E-state index contributed by atoms with van der Waals surface area (Å²) in [6, 6.07) is 7.67. The number of carbonyl (C=O) groups is 1. The van der Waals surface area contributed by atoms with E-state index in [1.807, 2.05) is 24.3 Å². The first-order valence-corrected chi connectivity index (χ1v) is 6.42. The molecule has 1 aliphatic rings. The molecule has 1 unspecified atom stereocenters. The van der Waals surface area contributed by atoms with Crippen molar-refractivity contribution in [1.82, 2.24) is 5.32 Å². The van der Waals surface area contributed by atoms with Crippen molar-refractivity contribution in [2.24, 2.45) is 11.7 Å². The van der Waals surface area contributed by atoms with Gasteiger partial charge in [-0.05, 0) is 29.9 Å². The number of hydrogen-bond acceptors (Lipinski definition) is 3. The monoisotopic (exact) mass is 248 g/mol. The lowest BCUT2D eigenvalue weighted by atomic mass is 10.0. The average molecular weight is 248 g/mol. The van der Waals surface area contributed by atoms with Gasteiger partial charge in [0.25, 0.3) is 0 Å². The van der Waals surface area contributed by atoms with Crippen LogP contribution in [0.3, 0.4) is 0 Å². The van der Waals surface area contributed by atoms with Gasteiger partial charge in [0.15, 0.2) is 0 Å². The van der Waals surface area contributed by atoms with Crippen LogP contribution < -0.4 is 11.1 Å². The first-order valence-electron chi connectivity index (χ1n) is 6.42. The van der Waals surface area contributed by atoms with Gasteiger partial charge in [-0.2, -0.15) is 0 Å². The number of benzene rings is 1. The molecule has 4 N–H and O–H groups in total. The molecule has 0 aliphatic heterocycles. The van der Waals surface area contributed by atoms with Crippen LogP contribution in [0.1, 0.15) is 24.0 Å². The molecule has 98 valence electrons. The minimum Gasteiger partial charge on any atom is -0.391 e. The molecular weight excluding hydrogens is 228 g/mol. The van der Waals surface area contributed by atoms with Gasteiger partial charge in [-0.1, -0.05) is 24.3 Å². The fraction of sp³-hybridized carbons (Fsp3) is 0.500. The molecule has 4 nitrogen and oxygen atoms in total. The highest BCUT2D eigenvalue weighted by atomic mass is 16.3. The maximum Gasteiger partial charge on any atom is 0.224 e. The minimum absolute atomic E-state index is 0.0596. The molecule has 0 aromatic heterocycles. The van der Waals surface area contributed by atoms with E-state index in [4.69, 9.17) is 5.73 Å². The molecule has 0 bridgehead atoms. The predicted octanol–water partition coefficient (Wildman–Crippen LogP) is 0.575. The van der Waals surface area contributed by atoms with Crippen molar-refractivity contribution in [3.8, 4) is 0 Å². The van der Waals surface area contributed by atoms with Crippen LogP contribution in [0.25, 0.3) is 0 Å². The van der Waals surface area contributed by atoms with Gasteiger partial charge >= 0.3 is 0 Å². The van der Waals surface area contributed by atoms with E-state index >= 15 is 0 Å². The van der Waals surface area contributed by atoms with Crippen molar-refractivity contribution in [3.05, 3.63) is 35.4 Å². The van der Waals surface area contributed by atoms with Gasteiger partial charge < -0.3 is 16.2 Å². The Kier molecular flexibility index (Phi) is 4.33. The third-order valence-corrected chi connectivity index (χ3v) is 3.36. The Labute approximate surface area is 107 Å². The normalized spacial score (nSPS) is 16.3. The van der Waals surface area contributed by atoms with Gasteiger partial charge in [0.2, 0.25) is 5.91 Å². The number of nitrogens with one attached hydrogen (secondary N) is 1. The smallest absolute Gasteiger partial charge is 0.224 e. The van der Waals surface area contributed by atoms with Crippen LogP contribution in [-0.2, 0) is 17.8 Å². The molecule has 1 aromatic rings. The maximum atomic E-state index is 11.8. The van der Waals surface area contributed by atoms with Gasteiger partial charge in [0.05, 0.1) is 12.5 Å². The number of aliphatic hydroxyl groups excluding tert-OH is 1. The highest BCUT2D eigenvalue weighted by Crippen LogP contribution is 2.32. The van der Waals surface area contributed by atoms with Gasteiger partial charge in [-0.3, -0.25) is 4.79 Å². The Bertz CT molecular complexity index is 416. The molecule has 1 aliphatic carbocycles. The van der Waals surface area contributed by atoms with Gasteiger partial charge in [0.1, 0.15) is 0 Å². The van der Waals surface area contributed by atoms with E-state index in [9.17, 15) is 9.90 Å². The molecule has 1 amide bonds. The summed E-state index contributed by atoms with van der Waals surface area (Å²) in [6.45, 7) is 0.794. The summed E-state index contributed by atoms with van der Waals surface area (Å²) in [4.78, 5) is 11.8. The number of hydrogen-bond donors (Lipinski definition) is 3. The van der Waals surface area contributed by atoms with Gasteiger partial charge in [-0.25, -0.2) is 0 Å². The third-order valence-electron chi connectivity index (χ3n) is 3.36. The maximum absolute atomic E-state index is 11.8. The standard InChI is InChI=1S/C14H20N2O2/c15-8-12-4-2-1-3-11(12)7-14(18)16-9-13(17)10-5-6-10/h1-4,10,13,17H,5-9,15H2,(H,16,18). The fourth-order valence-corrected chi connectivity index (χ4v) is 2.03. The van der Waals surface area contributed by atoms with E-state index in [-0.39, 0.29) is 5.91 Å². The Hall–Kier alpha value is -1.39. The highest BCUT2D eigenvalue weighted by Gasteiger charge is 2.29. The largest absolute Gasteiger partial charge is 0.391 e. The van der Waals surface area contributed by atoms with Crippen LogP contribution in [0.15, 0.2) is 24.3 Å². The average Bonchev–Trinajstić information content (AvgIpc) is 3.21. The third kappa shape index (κ3) is 3.55. The number of amides is 1. The second-order valence-corrected chi connectivity index (χ2v) is 4.86. The van der Waals surface area contributed by atoms with Crippen LogP contribution in [-0.4, -0.2) is 23.7 Å². The molecule has 1 atom stereocenters. The van der Waals surface area contributed by atoms with Crippen LogP contribution in [0.4, 0.5) is 0 Å². The molecule has 1 aromatic carbocycles. The van der Waals surface area contributed by atoms with Crippen molar-refractivity contribution in [2.45, 2.75) is 31.9 Å². The number of rotatable bonds is 6. The highest BCUT2D eigenvalue weighted by molar-refractivity contribution is 5.78. The summed E-state index contributed by atoms with van der Waals surface area (Å²) >= 11 is 0.